The van der Waals surface area contributed by atoms with Crippen LogP contribution in [0.2, 0.25) is 30.7 Å². The molecule has 3 aromatic heterocycles. The Morgan fingerprint density at radius 3 is 2.73 bits per heavy atom. The molecule has 0 saturated heterocycles. The van der Waals surface area contributed by atoms with E-state index in [1.54, 1.807) is 19.3 Å². The SMILES string of the molecule is CCOC(=O)c1cc2ccc(-c3cc(Cl)c4cnccc4n3)cc2n1COCC[Si](C)(C)C. The van der Waals surface area contributed by atoms with E-state index in [2.05, 4.69) is 24.6 Å². The molecule has 4 aromatic rings. The monoisotopic (exact) mass is 481 g/mol. The zero-order valence-corrected chi connectivity index (χ0v) is 21.1. The molecule has 3 heterocycles. The fraction of sp³-hybridized carbons (Fsp3) is 0.320. The number of ether oxygens (including phenoxy) is 2. The molecule has 0 unspecified atom stereocenters. The number of rotatable bonds is 8. The van der Waals surface area contributed by atoms with Gasteiger partial charge in [0.1, 0.15) is 12.4 Å². The highest BCUT2D eigenvalue weighted by Crippen LogP contribution is 2.31. The van der Waals surface area contributed by atoms with Gasteiger partial charge in [0.25, 0.3) is 0 Å². The Labute approximate surface area is 199 Å². The summed E-state index contributed by atoms with van der Waals surface area (Å²) in [6.07, 6.45) is 3.42. The average molecular weight is 482 g/mol. The van der Waals surface area contributed by atoms with E-state index in [0.717, 1.165) is 39.1 Å². The van der Waals surface area contributed by atoms with Crippen LogP contribution in [0.5, 0.6) is 0 Å². The third-order valence-electron chi connectivity index (χ3n) is 5.46. The predicted molar refractivity (Wildman–Crippen MR) is 136 cm³/mol. The highest BCUT2D eigenvalue weighted by Gasteiger charge is 2.19. The van der Waals surface area contributed by atoms with Gasteiger partial charge in [0.05, 0.1) is 28.4 Å². The fourth-order valence-electron chi connectivity index (χ4n) is 3.64. The molecule has 33 heavy (non-hydrogen) atoms. The zero-order chi connectivity index (χ0) is 23.6. The molecule has 1 aromatic carbocycles. The van der Waals surface area contributed by atoms with Crippen molar-refractivity contribution in [2.45, 2.75) is 39.3 Å². The van der Waals surface area contributed by atoms with Crippen molar-refractivity contribution in [3.63, 3.8) is 0 Å². The Morgan fingerprint density at radius 2 is 1.97 bits per heavy atom. The number of benzene rings is 1. The second-order valence-electron chi connectivity index (χ2n) is 9.18. The van der Waals surface area contributed by atoms with Gasteiger partial charge in [-0.05, 0) is 37.2 Å². The highest BCUT2D eigenvalue weighted by atomic mass is 35.5. The van der Waals surface area contributed by atoms with Gasteiger partial charge in [-0.3, -0.25) is 4.98 Å². The standard InChI is InChI=1S/C25H28ClN3O3Si/c1-5-32-25(30)24-13-18-7-6-17(12-23(18)29(24)16-31-10-11-33(2,3)4)22-14-20(26)19-15-27-9-8-21(19)28-22/h6-9,12-15H,5,10-11,16H2,1-4H3. The van der Waals surface area contributed by atoms with Gasteiger partial charge in [0.2, 0.25) is 0 Å². The Bertz CT molecular complexity index is 1310. The maximum absolute atomic E-state index is 12.6. The minimum absolute atomic E-state index is 0.281. The molecule has 4 rings (SSSR count). The molecule has 0 atom stereocenters. The van der Waals surface area contributed by atoms with Gasteiger partial charge in [-0.15, -0.1) is 0 Å². The van der Waals surface area contributed by atoms with Crippen LogP contribution in [0.25, 0.3) is 33.1 Å². The maximum Gasteiger partial charge on any atom is 0.355 e. The van der Waals surface area contributed by atoms with E-state index < -0.39 is 8.07 Å². The van der Waals surface area contributed by atoms with Crippen LogP contribution < -0.4 is 0 Å². The molecule has 0 aliphatic heterocycles. The van der Waals surface area contributed by atoms with Crippen LogP contribution in [0.3, 0.4) is 0 Å². The lowest BCUT2D eigenvalue weighted by Gasteiger charge is -2.16. The zero-order valence-electron chi connectivity index (χ0n) is 19.4. The summed E-state index contributed by atoms with van der Waals surface area (Å²) in [7, 11) is -1.21. The van der Waals surface area contributed by atoms with Crippen LogP contribution >= 0.6 is 11.6 Å². The van der Waals surface area contributed by atoms with Gasteiger partial charge in [-0.1, -0.05) is 43.4 Å². The summed E-state index contributed by atoms with van der Waals surface area (Å²) in [5.41, 5.74) is 3.81. The molecule has 0 amide bonds. The van der Waals surface area contributed by atoms with E-state index in [4.69, 9.17) is 26.1 Å². The Balaban J connectivity index is 1.74. The van der Waals surface area contributed by atoms with Crippen molar-refractivity contribution in [1.29, 1.82) is 0 Å². The first-order valence-electron chi connectivity index (χ1n) is 11.1. The highest BCUT2D eigenvalue weighted by molar-refractivity contribution is 6.76. The van der Waals surface area contributed by atoms with Crippen molar-refractivity contribution in [3.8, 4) is 11.3 Å². The lowest BCUT2D eigenvalue weighted by atomic mass is 10.1. The number of halogens is 1. The van der Waals surface area contributed by atoms with E-state index in [9.17, 15) is 4.79 Å². The van der Waals surface area contributed by atoms with E-state index in [1.807, 2.05) is 41.0 Å². The van der Waals surface area contributed by atoms with Gasteiger partial charge in [0.15, 0.2) is 0 Å². The lowest BCUT2D eigenvalue weighted by molar-refractivity contribution is 0.0478. The summed E-state index contributed by atoms with van der Waals surface area (Å²) in [5, 5.41) is 2.35. The summed E-state index contributed by atoms with van der Waals surface area (Å²) >= 11 is 6.50. The van der Waals surface area contributed by atoms with Crippen molar-refractivity contribution in [1.82, 2.24) is 14.5 Å². The average Bonchev–Trinajstić information content (AvgIpc) is 3.14. The lowest BCUT2D eigenvalue weighted by Crippen LogP contribution is -2.22. The predicted octanol–water partition coefficient (Wildman–Crippen LogP) is 6.39. The quantitative estimate of drug-likeness (QED) is 0.165. The largest absolute Gasteiger partial charge is 0.461 e. The first-order valence-corrected chi connectivity index (χ1v) is 15.1. The Morgan fingerprint density at radius 1 is 1.15 bits per heavy atom. The second-order valence-corrected chi connectivity index (χ2v) is 15.2. The molecule has 172 valence electrons. The number of esters is 1. The van der Waals surface area contributed by atoms with E-state index in [0.29, 0.717) is 23.9 Å². The van der Waals surface area contributed by atoms with Crippen LogP contribution in [0.4, 0.5) is 0 Å². The van der Waals surface area contributed by atoms with Crippen molar-refractivity contribution >= 4 is 47.4 Å². The number of carbonyl (C=O) groups excluding carboxylic acids is 1. The number of hydrogen-bond acceptors (Lipinski definition) is 5. The first-order chi connectivity index (χ1) is 15.8. The molecule has 0 radical (unpaired) electrons. The van der Waals surface area contributed by atoms with Gasteiger partial charge in [0, 0.05) is 43.4 Å². The second kappa shape index (κ2) is 9.63. The molecule has 0 bridgehead atoms. The minimum atomic E-state index is -1.21. The summed E-state index contributed by atoms with van der Waals surface area (Å²) < 4.78 is 13.2. The summed E-state index contributed by atoms with van der Waals surface area (Å²) in [6, 6.07) is 12.6. The Hall–Kier alpha value is -2.74. The van der Waals surface area contributed by atoms with Gasteiger partial charge in [-0.2, -0.15) is 0 Å². The molecule has 0 fully saturated rings. The molecule has 6 nitrogen and oxygen atoms in total. The number of hydrogen-bond donors (Lipinski definition) is 0. The first kappa shape index (κ1) is 23.4. The Kier molecular flexibility index (Phi) is 6.83. The maximum atomic E-state index is 12.6. The molecular formula is C25H28ClN3O3Si. The molecule has 0 aliphatic carbocycles. The third-order valence-corrected chi connectivity index (χ3v) is 7.48. The van der Waals surface area contributed by atoms with Crippen LogP contribution in [-0.4, -0.2) is 41.8 Å². The molecule has 0 aliphatic rings. The van der Waals surface area contributed by atoms with Crippen LogP contribution in [0, 0.1) is 0 Å². The van der Waals surface area contributed by atoms with E-state index >= 15 is 0 Å². The topological polar surface area (TPSA) is 66.2 Å². The number of aromatic nitrogens is 3. The number of carbonyl (C=O) groups is 1. The summed E-state index contributed by atoms with van der Waals surface area (Å²) in [6.45, 7) is 10.0. The van der Waals surface area contributed by atoms with Gasteiger partial charge < -0.3 is 14.0 Å². The number of pyridine rings is 2. The van der Waals surface area contributed by atoms with Crippen LogP contribution in [0.1, 0.15) is 17.4 Å². The smallest absolute Gasteiger partial charge is 0.355 e. The van der Waals surface area contributed by atoms with Crippen LogP contribution in [-0.2, 0) is 16.2 Å². The van der Waals surface area contributed by atoms with Crippen molar-refractivity contribution in [2.24, 2.45) is 0 Å². The molecule has 0 saturated carbocycles. The summed E-state index contributed by atoms with van der Waals surface area (Å²) in [5.74, 6) is -0.358. The fourth-order valence-corrected chi connectivity index (χ4v) is 4.64. The molecule has 0 N–H and O–H groups in total. The van der Waals surface area contributed by atoms with Gasteiger partial charge in [-0.25, -0.2) is 9.78 Å². The normalized spacial score (nSPS) is 11.9. The van der Waals surface area contributed by atoms with E-state index in [1.165, 1.54) is 0 Å². The summed E-state index contributed by atoms with van der Waals surface area (Å²) in [4.78, 5) is 21.5. The van der Waals surface area contributed by atoms with Gasteiger partial charge >= 0.3 is 5.97 Å². The van der Waals surface area contributed by atoms with Crippen molar-refractivity contribution in [2.75, 3.05) is 13.2 Å². The van der Waals surface area contributed by atoms with Crippen molar-refractivity contribution < 1.29 is 14.3 Å². The van der Waals surface area contributed by atoms with E-state index in [-0.39, 0.29) is 12.7 Å². The van der Waals surface area contributed by atoms with Crippen LogP contribution in [0.15, 0.2) is 48.8 Å². The number of nitrogens with zero attached hydrogens (tertiary/aromatic N) is 3. The van der Waals surface area contributed by atoms with Crippen molar-refractivity contribution in [3.05, 3.63) is 59.5 Å². The molecule has 0 spiro atoms. The molecular weight excluding hydrogens is 454 g/mol. The number of fused-ring (bicyclic) bond motifs is 2. The molecule has 8 heteroatoms. The minimum Gasteiger partial charge on any atom is -0.461 e. The third kappa shape index (κ3) is 5.26.